The minimum absolute atomic E-state index is 0.297. The lowest BCUT2D eigenvalue weighted by atomic mass is 10.1. The highest BCUT2D eigenvalue weighted by atomic mass is 19.1. The molecule has 0 radical (unpaired) electrons. The molecule has 128 valence electrons. The predicted molar refractivity (Wildman–Crippen MR) is 85.7 cm³/mol. The van der Waals surface area contributed by atoms with E-state index in [2.05, 4.69) is 0 Å². The van der Waals surface area contributed by atoms with Crippen molar-refractivity contribution in [3.05, 3.63) is 89.4 Å². The number of carbonyl (C=O) groups excluding carboxylic acids is 1. The molecule has 0 saturated carbocycles. The van der Waals surface area contributed by atoms with Crippen molar-refractivity contribution >= 4 is 5.78 Å². The Hall–Kier alpha value is -3.15. The van der Waals surface area contributed by atoms with Crippen LogP contribution in [0.1, 0.15) is 15.9 Å². The van der Waals surface area contributed by atoms with Crippen LogP contribution < -0.4 is 0 Å². The number of carbonyl (C=O) groups is 1. The van der Waals surface area contributed by atoms with Gasteiger partial charge in [-0.3, -0.25) is 4.79 Å². The number of ether oxygens (including phenoxy) is 2. The van der Waals surface area contributed by atoms with E-state index in [1.54, 1.807) is 0 Å². The molecule has 0 spiro atoms. The first-order chi connectivity index (χ1) is 12.0. The van der Waals surface area contributed by atoms with Crippen LogP contribution in [0.15, 0.2) is 66.6 Å². The number of rotatable bonds is 5. The smallest absolute Gasteiger partial charge is 0.244 e. The average Bonchev–Trinajstić information content (AvgIpc) is 3.04. The molecule has 0 aromatic heterocycles. The van der Waals surface area contributed by atoms with Crippen LogP contribution in [0.2, 0.25) is 0 Å². The van der Waals surface area contributed by atoms with Crippen molar-refractivity contribution in [1.29, 1.82) is 0 Å². The summed E-state index contributed by atoms with van der Waals surface area (Å²) in [5, 5.41) is 9.52. The second-order valence-electron chi connectivity index (χ2n) is 5.37. The quantitative estimate of drug-likeness (QED) is 0.661. The number of benzene rings is 2. The zero-order valence-electron chi connectivity index (χ0n) is 13.0. The van der Waals surface area contributed by atoms with Gasteiger partial charge in [-0.05, 0) is 23.8 Å². The molecule has 4 nitrogen and oxygen atoms in total. The normalized spacial score (nSPS) is 16.4. The van der Waals surface area contributed by atoms with E-state index in [0.29, 0.717) is 18.2 Å². The zero-order chi connectivity index (χ0) is 17.8. The Bertz CT molecular complexity index is 844. The summed E-state index contributed by atoms with van der Waals surface area (Å²) in [6, 6.07) is 10.9. The molecule has 1 heterocycles. The third-order valence-electron chi connectivity index (χ3n) is 3.54. The molecule has 0 amide bonds. The maximum atomic E-state index is 13.3. The van der Waals surface area contributed by atoms with Crippen LogP contribution in [-0.2, 0) is 15.9 Å². The Balaban J connectivity index is 1.62. The van der Waals surface area contributed by atoms with Crippen LogP contribution in [0.3, 0.4) is 0 Å². The maximum absolute atomic E-state index is 13.3. The Morgan fingerprint density at radius 2 is 1.96 bits per heavy atom. The van der Waals surface area contributed by atoms with Gasteiger partial charge in [0.1, 0.15) is 12.1 Å². The summed E-state index contributed by atoms with van der Waals surface area (Å²) in [5.74, 6) is -3.50. The van der Waals surface area contributed by atoms with Gasteiger partial charge in [-0.25, -0.2) is 8.78 Å². The SMILES string of the molecule is O=C(C=CC1=COC(Cc2ccccc2)O1)c1cc(F)cc(F)c1O. The summed E-state index contributed by atoms with van der Waals surface area (Å²) in [7, 11) is 0. The maximum Gasteiger partial charge on any atom is 0.244 e. The molecule has 0 saturated heterocycles. The minimum atomic E-state index is -1.20. The molecule has 2 aromatic rings. The predicted octanol–water partition coefficient (Wildman–Crippen LogP) is 3.87. The zero-order valence-corrected chi connectivity index (χ0v) is 13.0. The van der Waals surface area contributed by atoms with E-state index in [1.165, 1.54) is 12.3 Å². The lowest BCUT2D eigenvalue weighted by Gasteiger charge is -2.10. The van der Waals surface area contributed by atoms with Crippen LogP contribution in [0.5, 0.6) is 5.75 Å². The highest BCUT2D eigenvalue weighted by Crippen LogP contribution is 2.24. The fraction of sp³-hybridized carbons (Fsp3) is 0.105. The Labute approximate surface area is 142 Å². The van der Waals surface area contributed by atoms with Crippen molar-refractivity contribution in [2.75, 3.05) is 0 Å². The molecular weight excluding hydrogens is 330 g/mol. The fourth-order valence-corrected chi connectivity index (χ4v) is 2.33. The Kier molecular flexibility index (Phi) is 4.79. The third-order valence-corrected chi connectivity index (χ3v) is 3.54. The summed E-state index contributed by atoms with van der Waals surface area (Å²) >= 11 is 0. The lowest BCUT2D eigenvalue weighted by molar-refractivity contribution is -0.0269. The summed E-state index contributed by atoms with van der Waals surface area (Å²) in [6.07, 6.45) is 3.73. The van der Waals surface area contributed by atoms with Crippen molar-refractivity contribution in [3.63, 3.8) is 0 Å². The van der Waals surface area contributed by atoms with Crippen molar-refractivity contribution in [1.82, 2.24) is 0 Å². The van der Waals surface area contributed by atoms with Gasteiger partial charge in [0.25, 0.3) is 0 Å². The molecule has 3 rings (SSSR count). The summed E-state index contributed by atoms with van der Waals surface area (Å²) < 4.78 is 37.3. The van der Waals surface area contributed by atoms with E-state index in [0.717, 1.165) is 17.7 Å². The number of hydrogen-bond donors (Lipinski definition) is 1. The van der Waals surface area contributed by atoms with Crippen molar-refractivity contribution in [2.45, 2.75) is 12.7 Å². The van der Waals surface area contributed by atoms with Crippen molar-refractivity contribution in [3.8, 4) is 5.75 Å². The molecule has 1 atom stereocenters. The van der Waals surface area contributed by atoms with Crippen LogP contribution in [-0.4, -0.2) is 17.2 Å². The number of allylic oxidation sites excluding steroid dienone is 2. The Morgan fingerprint density at radius 1 is 1.20 bits per heavy atom. The van der Waals surface area contributed by atoms with E-state index < -0.39 is 35.0 Å². The molecule has 1 unspecified atom stereocenters. The summed E-state index contributed by atoms with van der Waals surface area (Å²) in [4.78, 5) is 12.0. The average molecular weight is 344 g/mol. The highest BCUT2D eigenvalue weighted by molar-refractivity contribution is 6.06. The molecule has 1 N–H and O–H groups in total. The molecule has 2 aromatic carbocycles. The number of halogens is 2. The minimum Gasteiger partial charge on any atom is -0.504 e. The lowest BCUT2D eigenvalue weighted by Crippen LogP contribution is -2.11. The van der Waals surface area contributed by atoms with Gasteiger partial charge >= 0.3 is 0 Å². The van der Waals surface area contributed by atoms with Gasteiger partial charge < -0.3 is 14.6 Å². The van der Waals surface area contributed by atoms with Gasteiger partial charge in [0.05, 0.1) is 5.56 Å². The standard InChI is InChI=1S/C19H14F2O4/c20-13-9-15(19(23)16(21)10-13)17(22)7-6-14-11-24-18(25-14)8-12-4-2-1-3-5-12/h1-7,9-11,18,23H,8H2. The first-order valence-electron chi connectivity index (χ1n) is 7.49. The van der Waals surface area contributed by atoms with Crippen LogP contribution in [0.25, 0.3) is 0 Å². The van der Waals surface area contributed by atoms with E-state index in [-0.39, 0.29) is 0 Å². The molecule has 1 aliphatic heterocycles. The van der Waals surface area contributed by atoms with Gasteiger partial charge in [0.2, 0.25) is 6.29 Å². The largest absolute Gasteiger partial charge is 0.504 e. The monoisotopic (exact) mass is 344 g/mol. The van der Waals surface area contributed by atoms with E-state index in [1.807, 2.05) is 30.3 Å². The molecule has 1 aliphatic rings. The van der Waals surface area contributed by atoms with E-state index in [4.69, 9.17) is 9.47 Å². The van der Waals surface area contributed by atoms with Gasteiger partial charge in [-0.1, -0.05) is 30.3 Å². The molecular formula is C19H14F2O4. The summed E-state index contributed by atoms with van der Waals surface area (Å²) in [6.45, 7) is 0. The Morgan fingerprint density at radius 3 is 2.72 bits per heavy atom. The number of phenols is 1. The van der Waals surface area contributed by atoms with Crippen molar-refractivity contribution < 1.29 is 28.2 Å². The van der Waals surface area contributed by atoms with Gasteiger partial charge in [-0.15, -0.1) is 0 Å². The number of phenolic OH excluding ortho intramolecular Hbond substituents is 1. The second-order valence-corrected chi connectivity index (χ2v) is 5.37. The van der Waals surface area contributed by atoms with Crippen LogP contribution >= 0.6 is 0 Å². The van der Waals surface area contributed by atoms with Crippen LogP contribution in [0.4, 0.5) is 8.78 Å². The molecule has 25 heavy (non-hydrogen) atoms. The number of ketones is 1. The van der Waals surface area contributed by atoms with Crippen molar-refractivity contribution in [2.24, 2.45) is 0 Å². The van der Waals surface area contributed by atoms with Gasteiger partial charge in [0.15, 0.2) is 23.1 Å². The molecule has 0 fully saturated rings. The number of hydrogen-bond acceptors (Lipinski definition) is 4. The first kappa shape index (κ1) is 16.7. The third kappa shape index (κ3) is 4.03. The van der Waals surface area contributed by atoms with Gasteiger partial charge in [-0.2, -0.15) is 0 Å². The van der Waals surface area contributed by atoms with Gasteiger partial charge in [0, 0.05) is 12.5 Å². The molecule has 0 bridgehead atoms. The second kappa shape index (κ2) is 7.17. The fourth-order valence-electron chi connectivity index (χ4n) is 2.33. The highest BCUT2D eigenvalue weighted by Gasteiger charge is 2.19. The molecule has 6 heteroatoms. The van der Waals surface area contributed by atoms with E-state index >= 15 is 0 Å². The van der Waals surface area contributed by atoms with Crippen LogP contribution in [0, 0.1) is 11.6 Å². The topological polar surface area (TPSA) is 55.8 Å². The van der Waals surface area contributed by atoms with E-state index in [9.17, 15) is 18.7 Å². The summed E-state index contributed by atoms with van der Waals surface area (Å²) in [5.41, 5.74) is 0.566. The first-order valence-corrected chi connectivity index (χ1v) is 7.49. The number of aromatic hydroxyl groups is 1. The molecule has 0 aliphatic carbocycles.